The second-order valence-electron chi connectivity index (χ2n) is 6.62. The number of rotatable bonds is 7. The highest BCUT2D eigenvalue weighted by molar-refractivity contribution is 6.00. The Morgan fingerprint density at radius 1 is 1.07 bits per heavy atom. The number of carbonyl (C=O) groups excluding carboxylic acids is 2. The van der Waals surface area contributed by atoms with E-state index in [-0.39, 0.29) is 0 Å². The van der Waals surface area contributed by atoms with Crippen molar-refractivity contribution in [1.29, 1.82) is 0 Å². The zero-order valence-corrected chi connectivity index (χ0v) is 17.4. The van der Waals surface area contributed by atoms with Gasteiger partial charge in [0.25, 0.3) is 5.91 Å². The standard InChI is InChI=1S/C23H24N2O5/c1-5-17-22(14(2)16-8-6-7-9-18(16)24-17)23(27)30-13-21(26)25-19-11-10-15(28-3)12-20(19)29-4/h6-12H,5,13H2,1-4H3,(H,25,26). The molecule has 0 aliphatic rings. The van der Waals surface area contributed by atoms with Crippen LogP contribution in [0.2, 0.25) is 0 Å². The number of fused-ring (bicyclic) bond motifs is 1. The van der Waals surface area contributed by atoms with Gasteiger partial charge < -0.3 is 19.5 Å². The fourth-order valence-corrected chi connectivity index (χ4v) is 3.26. The number of aromatic nitrogens is 1. The van der Waals surface area contributed by atoms with Gasteiger partial charge in [0.2, 0.25) is 0 Å². The molecule has 0 spiro atoms. The molecule has 3 rings (SSSR count). The van der Waals surface area contributed by atoms with Gasteiger partial charge in [-0.25, -0.2) is 4.79 Å². The summed E-state index contributed by atoms with van der Waals surface area (Å²) in [6.07, 6.45) is 0.575. The molecule has 7 heteroatoms. The summed E-state index contributed by atoms with van der Waals surface area (Å²) in [5, 5.41) is 3.56. The van der Waals surface area contributed by atoms with Crippen LogP contribution in [-0.2, 0) is 16.0 Å². The predicted octanol–water partition coefficient (Wildman–Crippen LogP) is 3.92. The molecule has 0 unspecified atom stereocenters. The Kier molecular flexibility index (Phi) is 6.51. The average molecular weight is 408 g/mol. The zero-order valence-electron chi connectivity index (χ0n) is 17.4. The maximum atomic E-state index is 12.8. The first-order valence-corrected chi connectivity index (χ1v) is 9.55. The minimum absolute atomic E-state index is 0.408. The van der Waals surface area contributed by atoms with E-state index in [1.54, 1.807) is 25.3 Å². The fraction of sp³-hybridized carbons (Fsp3) is 0.261. The smallest absolute Gasteiger partial charge is 0.340 e. The minimum atomic E-state index is -0.570. The lowest BCUT2D eigenvalue weighted by Gasteiger charge is -2.14. The molecule has 1 N–H and O–H groups in total. The molecule has 0 aliphatic heterocycles. The number of ether oxygens (including phenoxy) is 3. The maximum Gasteiger partial charge on any atom is 0.340 e. The molecular formula is C23H24N2O5. The normalized spacial score (nSPS) is 10.5. The third-order valence-electron chi connectivity index (χ3n) is 4.78. The molecule has 0 fully saturated rings. The second-order valence-corrected chi connectivity index (χ2v) is 6.62. The molecule has 156 valence electrons. The molecule has 0 saturated carbocycles. The van der Waals surface area contributed by atoms with Gasteiger partial charge in [-0.1, -0.05) is 25.1 Å². The highest BCUT2D eigenvalue weighted by Crippen LogP contribution is 2.29. The van der Waals surface area contributed by atoms with E-state index in [1.165, 1.54) is 7.11 Å². The zero-order chi connectivity index (χ0) is 21.7. The summed E-state index contributed by atoms with van der Waals surface area (Å²) in [7, 11) is 3.03. The van der Waals surface area contributed by atoms with Gasteiger partial charge in [-0.15, -0.1) is 0 Å². The number of amides is 1. The molecule has 0 radical (unpaired) electrons. The quantitative estimate of drug-likeness (QED) is 0.597. The molecule has 1 amide bonds. The van der Waals surface area contributed by atoms with Crippen molar-refractivity contribution in [3.8, 4) is 11.5 Å². The number of anilines is 1. The summed E-state index contributed by atoms with van der Waals surface area (Å²) >= 11 is 0. The second kappa shape index (κ2) is 9.26. The number of aryl methyl sites for hydroxylation is 2. The van der Waals surface area contributed by atoms with E-state index in [1.807, 2.05) is 38.1 Å². The van der Waals surface area contributed by atoms with E-state index >= 15 is 0 Å². The number of pyridine rings is 1. The van der Waals surface area contributed by atoms with Gasteiger partial charge in [0.15, 0.2) is 6.61 Å². The van der Waals surface area contributed by atoms with E-state index in [0.29, 0.717) is 34.9 Å². The Bertz CT molecular complexity index is 1090. The molecular weight excluding hydrogens is 384 g/mol. The monoisotopic (exact) mass is 408 g/mol. The van der Waals surface area contributed by atoms with Crippen LogP contribution in [0.4, 0.5) is 5.69 Å². The Labute approximate surface area is 175 Å². The topological polar surface area (TPSA) is 86.8 Å². The van der Waals surface area contributed by atoms with Crippen molar-refractivity contribution >= 4 is 28.5 Å². The van der Waals surface area contributed by atoms with Gasteiger partial charge in [0.05, 0.1) is 36.7 Å². The SMILES string of the molecule is CCc1nc2ccccc2c(C)c1C(=O)OCC(=O)Nc1ccc(OC)cc1OC. The van der Waals surface area contributed by atoms with Crippen molar-refractivity contribution in [2.24, 2.45) is 0 Å². The lowest BCUT2D eigenvalue weighted by Crippen LogP contribution is -2.22. The van der Waals surface area contributed by atoms with E-state index in [4.69, 9.17) is 14.2 Å². The van der Waals surface area contributed by atoms with Crippen molar-refractivity contribution in [3.63, 3.8) is 0 Å². The van der Waals surface area contributed by atoms with Crippen LogP contribution in [0, 0.1) is 6.92 Å². The number of carbonyl (C=O) groups is 2. The lowest BCUT2D eigenvalue weighted by molar-refractivity contribution is -0.119. The van der Waals surface area contributed by atoms with Crippen molar-refractivity contribution in [2.75, 3.05) is 26.1 Å². The summed E-state index contributed by atoms with van der Waals surface area (Å²) in [6, 6.07) is 12.6. The molecule has 7 nitrogen and oxygen atoms in total. The van der Waals surface area contributed by atoms with Crippen molar-refractivity contribution in [1.82, 2.24) is 4.98 Å². The summed E-state index contributed by atoms with van der Waals surface area (Å²) in [4.78, 5) is 29.7. The molecule has 1 aromatic heterocycles. The van der Waals surface area contributed by atoms with Crippen LogP contribution in [0.5, 0.6) is 11.5 Å². The average Bonchev–Trinajstić information content (AvgIpc) is 2.77. The van der Waals surface area contributed by atoms with Crippen LogP contribution in [0.1, 0.15) is 28.5 Å². The summed E-state index contributed by atoms with van der Waals surface area (Å²) < 4.78 is 15.7. The van der Waals surface area contributed by atoms with Crippen LogP contribution < -0.4 is 14.8 Å². The Balaban J connectivity index is 1.74. The molecule has 3 aromatic rings. The van der Waals surface area contributed by atoms with Crippen LogP contribution in [0.3, 0.4) is 0 Å². The third kappa shape index (κ3) is 4.35. The van der Waals surface area contributed by atoms with Gasteiger partial charge in [0.1, 0.15) is 11.5 Å². The third-order valence-corrected chi connectivity index (χ3v) is 4.78. The van der Waals surface area contributed by atoms with Crippen LogP contribution >= 0.6 is 0 Å². The van der Waals surface area contributed by atoms with E-state index < -0.39 is 18.5 Å². The van der Waals surface area contributed by atoms with Gasteiger partial charge in [-0.2, -0.15) is 0 Å². The molecule has 0 bridgehead atoms. The molecule has 1 heterocycles. The minimum Gasteiger partial charge on any atom is -0.497 e. The van der Waals surface area contributed by atoms with Crippen LogP contribution in [0.25, 0.3) is 10.9 Å². The van der Waals surface area contributed by atoms with Crippen molar-refractivity contribution in [2.45, 2.75) is 20.3 Å². The summed E-state index contributed by atoms with van der Waals surface area (Å²) in [5.41, 5.74) is 3.13. The number of nitrogens with one attached hydrogen (secondary N) is 1. The van der Waals surface area contributed by atoms with Gasteiger partial charge in [-0.3, -0.25) is 9.78 Å². The first kappa shape index (κ1) is 21.1. The predicted molar refractivity (Wildman–Crippen MR) is 114 cm³/mol. The number of benzene rings is 2. The largest absolute Gasteiger partial charge is 0.497 e. The number of hydrogen-bond acceptors (Lipinski definition) is 6. The fourth-order valence-electron chi connectivity index (χ4n) is 3.26. The Hall–Kier alpha value is -3.61. The van der Waals surface area contributed by atoms with Crippen molar-refractivity contribution in [3.05, 3.63) is 59.3 Å². The molecule has 0 saturated heterocycles. The maximum absolute atomic E-state index is 12.8. The number of methoxy groups -OCH3 is 2. The molecule has 0 aliphatic carbocycles. The van der Waals surface area contributed by atoms with Crippen molar-refractivity contribution < 1.29 is 23.8 Å². The van der Waals surface area contributed by atoms with E-state index in [9.17, 15) is 9.59 Å². The van der Waals surface area contributed by atoms with Crippen LogP contribution in [-0.4, -0.2) is 37.7 Å². The highest BCUT2D eigenvalue weighted by Gasteiger charge is 2.20. The summed E-state index contributed by atoms with van der Waals surface area (Å²) in [6.45, 7) is 3.36. The molecule has 2 aromatic carbocycles. The highest BCUT2D eigenvalue weighted by atomic mass is 16.5. The van der Waals surface area contributed by atoms with E-state index in [2.05, 4.69) is 10.3 Å². The Morgan fingerprint density at radius 3 is 2.53 bits per heavy atom. The summed E-state index contributed by atoms with van der Waals surface area (Å²) in [5.74, 6) is -0.00441. The Morgan fingerprint density at radius 2 is 1.83 bits per heavy atom. The van der Waals surface area contributed by atoms with Gasteiger partial charge in [-0.05, 0) is 37.1 Å². The van der Waals surface area contributed by atoms with Crippen LogP contribution in [0.15, 0.2) is 42.5 Å². The first-order valence-electron chi connectivity index (χ1n) is 9.55. The van der Waals surface area contributed by atoms with Gasteiger partial charge >= 0.3 is 5.97 Å². The van der Waals surface area contributed by atoms with E-state index in [0.717, 1.165) is 16.5 Å². The number of para-hydroxylation sites is 1. The molecule has 30 heavy (non-hydrogen) atoms. The lowest BCUT2D eigenvalue weighted by atomic mass is 10.0. The number of nitrogens with zero attached hydrogens (tertiary/aromatic N) is 1. The number of esters is 1. The number of hydrogen-bond donors (Lipinski definition) is 1. The molecule has 0 atom stereocenters. The van der Waals surface area contributed by atoms with Gasteiger partial charge in [0, 0.05) is 11.5 Å². The first-order chi connectivity index (χ1) is 14.5.